The number of hydrogen-bond acceptors (Lipinski definition) is 2. The lowest BCUT2D eigenvalue weighted by atomic mass is 10.1. The number of halogens is 2. The largest absolute Gasteiger partial charge is 0.461 e. The minimum Gasteiger partial charge on any atom is -0.461 e. The van der Waals surface area contributed by atoms with E-state index in [1.54, 1.807) is 30.3 Å². The van der Waals surface area contributed by atoms with Crippen LogP contribution in [-0.4, -0.2) is 5.78 Å². The Morgan fingerprint density at radius 3 is 2.62 bits per heavy atom. The summed E-state index contributed by atoms with van der Waals surface area (Å²) in [5, 5.41) is 0.933. The molecule has 0 aliphatic carbocycles. The Kier molecular flexibility index (Phi) is 3.32. The van der Waals surface area contributed by atoms with Crippen LogP contribution < -0.4 is 0 Å². The number of ketones is 1. The highest BCUT2D eigenvalue weighted by Crippen LogP contribution is 2.23. The van der Waals surface area contributed by atoms with E-state index in [4.69, 9.17) is 27.6 Å². The molecule has 1 aromatic carbocycles. The maximum Gasteiger partial charge on any atom is 0.202 e. The van der Waals surface area contributed by atoms with Crippen molar-refractivity contribution in [3.05, 3.63) is 58.0 Å². The Hall–Kier alpha value is -1.25. The molecule has 0 atom stereocenters. The summed E-state index contributed by atoms with van der Waals surface area (Å²) in [6.07, 6.45) is 1.73. The molecule has 0 N–H and O–H groups in total. The van der Waals surface area contributed by atoms with Crippen LogP contribution >= 0.6 is 23.2 Å². The van der Waals surface area contributed by atoms with Gasteiger partial charge in [0, 0.05) is 6.42 Å². The number of carbonyl (C=O) groups is 1. The van der Waals surface area contributed by atoms with Crippen LogP contribution in [0.15, 0.2) is 41.0 Å². The second kappa shape index (κ2) is 4.73. The average molecular weight is 255 g/mol. The highest BCUT2D eigenvalue weighted by molar-refractivity contribution is 6.42. The van der Waals surface area contributed by atoms with E-state index in [-0.39, 0.29) is 12.2 Å². The van der Waals surface area contributed by atoms with E-state index >= 15 is 0 Å². The lowest BCUT2D eigenvalue weighted by Crippen LogP contribution is -2.01. The predicted octanol–water partition coefficient (Wildman–Crippen LogP) is 4.01. The van der Waals surface area contributed by atoms with Gasteiger partial charge in [0.25, 0.3) is 0 Å². The topological polar surface area (TPSA) is 30.2 Å². The first kappa shape index (κ1) is 11.2. The predicted molar refractivity (Wildman–Crippen MR) is 63.2 cm³/mol. The van der Waals surface area contributed by atoms with E-state index < -0.39 is 0 Å². The first-order chi connectivity index (χ1) is 7.66. The fraction of sp³-hybridized carbons (Fsp3) is 0.0833. The molecular weight excluding hydrogens is 247 g/mol. The smallest absolute Gasteiger partial charge is 0.202 e. The van der Waals surface area contributed by atoms with E-state index in [9.17, 15) is 4.79 Å². The Bertz CT molecular complexity index is 504. The van der Waals surface area contributed by atoms with E-state index in [1.165, 1.54) is 6.26 Å². The van der Waals surface area contributed by atoms with Crippen LogP contribution in [0.1, 0.15) is 16.1 Å². The molecule has 0 amide bonds. The second-order valence-corrected chi connectivity index (χ2v) is 4.14. The molecule has 16 heavy (non-hydrogen) atoms. The number of rotatable bonds is 3. The maximum absolute atomic E-state index is 11.7. The molecule has 0 fully saturated rings. The van der Waals surface area contributed by atoms with Crippen molar-refractivity contribution in [2.45, 2.75) is 6.42 Å². The Morgan fingerprint density at radius 1 is 1.19 bits per heavy atom. The van der Waals surface area contributed by atoms with E-state index in [0.717, 1.165) is 5.56 Å². The SMILES string of the molecule is O=C(Cc1ccc(Cl)c(Cl)c1)c1ccco1. The van der Waals surface area contributed by atoms with Crippen molar-refractivity contribution in [2.75, 3.05) is 0 Å². The van der Waals surface area contributed by atoms with Crippen LogP contribution in [0.3, 0.4) is 0 Å². The quantitative estimate of drug-likeness (QED) is 0.775. The molecule has 82 valence electrons. The maximum atomic E-state index is 11.7. The van der Waals surface area contributed by atoms with Gasteiger partial charge in [-0.25, -0.2) is 0 Å². The van der Waals surface area contributed by atoms with Crippen molar-refractivity contribution >= 4 is 29.0 Å². The first-order valence-corrected chi connectivity index (χ1v) is 5.43. The van der Waals surface area contributed by atoms with Crippen molar-refractivity contribution in [1.82, 2.24) is 0 Å². The van der Waals surface area contributed by atoms with Crippen LogP contribution in [0.5, 0.6) is 0 Å². The number of hydrogen-bond donors (Lipinski definition) is 0. The lowest BCUT2D eigenvalue weighted by Gasteiger charge is -2.01. The van der Waals surface area contributed by atoms with Crippen LogP contribution in [0, 0.1) is 0 Å². The highest BCUT2D eigenvalue weighted by Gasteiger charge is 2.10. The van der Waals surface area contributed by atoms with Gasteiger partial charge in [-0.15, -0.1) is 0 Å². The van der Waals surface area contributed by atoms with Gasteiger partial charge in [-0.2, -0.15) is 0 Å². The molecule has 0 radical (unpaired) electrons. The average Bonchev–Trinajstić information content (AvgIpc) is 2.77. The van der Waals surface area contributed by atoms with Crippen molar-refractivity contribution in [2.24, 2.45) is 0 Å². The number of furan rings is 1. The zero-order chi connectivity index (χ0) is 11.5. The standard InChI is InChI=1S/C12H8Cl2O2/c13-9-4-3-8(6-10(9)14)7-11(15)12-2-1-5-16-12/h1-6H,7H2. The summed E-state index contributed by atoms with van der Waals surface area (Å²) < 4.78 is 5.01. The van der Waals surface area contributed by atoms with Gasteiger partial charge in [0.05, 0.1) is 16.3 Å². The van der Waals surface area contributed by atoms with Crippen LogP contribution in [0.4, 0.5) is 0 Å². The molecular formula is C12H8Cl2O2. The van der Waals surface area contributed by atoms with Crippen molar-refractivity contribution < 1.29 is 9.21 Å². The van der Waals surface area contributed by atoms with Crippen molar-refractivity contribution in [3.63, 3.8) is 0 Å². The number of benzene rings is 1. The van der Waals surface area contributed by atoms with Gasteiger partial charge < -0.3 is 4.42 Å². The molecule has 0 aliphatic heterocycles. The molecule has 2 aromatic rings. The van der Waals surface area contributed by atoms with Gasteiger partial charge in [0.2, 0.25) is 5.78 Å². The summed E-state index contributed by atoms with van der Waals surface area (Å²) in [5.74, 6) is 0.273. The normalized spacial score (nSPS) is 10.4. The molecule has 0 saturated carbocycles. The lowest BCUT2D eigenvalue weighted by molar-refractivity contribution is 0.0966. The minimum atomic E-state index is -0.0802. The third-order valence-electron chi connectivity index (χ3n) is 2.14. The van der Waals surface area contributed by atoms with Crippen molar-refractivity contribution in [1.29, 1.82) is 0 Å². The highest BCUT2D eigenvalue weighted by atomic mass is 35.5. The molecule has 0 unspecified atom stereocenters. The monoisotopic (exact) mass is 254 g/mol. The molecule has 1 heterocycles. The Labute approximate surface area is 103 Å². The van der Waals surface area contributed by atoms with Crippen LogP contribution in [0.25, 0.3) is 0 Å². The summed E-state index contributed by atoms with van der Waals surface area (Å²) >= 11 is 11.6. The van der Waals surface area contributed by atoms with E-state index in [0.29, 0.717) is 15.8 Å². The molecule has 1 aromatic heterocycles. The number of carbonyl (C=O) groups excluding carboxylic acids is 1. The zero-order valence-electron chi connectivity index (χ0n) is 8.24. The second-order valence-electron chi connectivity index (χ2n) is 3.33. The summed E-state index contributed by atoms with van der Waals surface area (Å²) in [6, 6.07) is 8.45. The fourth-order valence-corrected chi connectivity index (χ4v) is 1.68. The molecule has 0 aliphatic rings. The summed E-state index contributed by atoms with van der Waals surface area (Å²) in [7, 11) is 0. The van der Waals surface area contributed by atoms with E-state index in [1.807, 2.05) is 0 Å². The molecule has 0 spiro atoms. The van der Waals surface area contributed by atoms with Gasteiger partial charge in [-0.1, -0.05) is 29.3 Å². The number of Topliss-reactive ketones (excluding diaryl/α,β-unsaturated/α-hetero) is 1. The van der Waals surface area contributed by atoms with Gasteiger partial charge in [-0.05, 0) is 29.8 Å². The molecule has 0 bridgehead atoms. The van der Waals surface area contributed by atoms with Gasteiger partial charge in [0.1, 0.15) is 0 Å². The van der Waals surface area contributed by atoms with Gasteiger partial charge in [-0.3, -0.25) is 4.79 Å². The van der Waals surface area contributed by atoms with Gasteiger partial charge in [0.15, 0.2) is 5.76 Å². The third kappa shape index (κ3) is 2.46. The van der Waals surface area contributed by atoms with E-state index in [2.05, 4.69) is 0 Å². The summed E-state index contributed by atoms with van der Waals surface area (Å²) in [6.45, 7) is 0. The Balaban J connectivity index is 2.15. The molecule has 4 heteroatoms. The van der Waals surface area contributed by atoms with Crippen LogP contribution in [0.2, 0.25) is 10.0 Å². The van der Waals surface area contributed by atoms with Gasteiger partial charge >= 0.3 is 0 Å². The molecule has 2 rings (SSSR count). The van der Waals surface area contributed by atoms with Crippen molar-refractivity contribution in [3.8, 4) is 0 Å². The third-order valence-corrected chi connectivity index (χ3v) is 2.88. The first-order valence-electron chi connectivity index (χ1n) is 4.67. The molecule has 2 nitrogen and oxygen atoms in total. The minimum absolute atomic E-state index is 0.0802. The summed E-state index contributed by atoms with van der Waals surface area (Å²) in [4.78, 5) is 11.7. The Morgan fingerprint density at radius 2 is 2.00 bits per heavy atom. The zero-order valence-corrected chi connectivity index (χ0v) is 9.76. The summed E-state index contributed by atoms with van der Waals surface area (Å²) in [5.41, 5.74) is 0.816. The fourth-order valence-electron chi connectivity index (χ4n) is 1.36. The van der Waals surface area contributed by atoms with Crippen LogP contribution in [-0.2, 0) is 6.42 Å². The molecule has 0 saturated heterocycles.